The monoisotopic (exact) mass is 502 g/mol. The van der Waals surface area contributed by atoms with Gasteiger partial charge in [-0.2, -0.15) is 16.8 Å². The molecular weight excluding hydrogens is 480 g/mol. The van der Waals surface area contributed by atoms with E-state index >= 15 is 0 Å². The van der Waals surface area contributed by atoms with Crippen LogP contribution in [0.25, 0.3) is 10.8 Å². The molecule has 0 aliphatic heterocycles. The van der Waals surface area contributed by atoms with E-state index in [0.717, 1.165) is 5.39 Å². The molecule has 0 fully saturated rings. The summed E-state index contributed by atoms with van der Waals surface area (Å²) >= 11 is 0. The number of rotatable bonds is 4. The summed E-state index contributed by atoms with van der Waals surface area (Å²) in [6.07, 6.45) is 0. The van der Waals surface area contributed by atoms with Gasteiger partial charge in [-0.15, -0.1) is 0 Å². The normalized spacial score (nSPS) is 11.5. The quantitative estimate of drug-likeness (QED) is 0.177. The number of fused-ring (bicyclic) bond motifs is 1. The van der Waals surface area contributed by atoms with E-state index in [-0.39, 0.29) is 26.9 Å². The molecule has 0 radical (unpaired) electrons. The van der Waals surface area contributed by atoms with Crippen LogP contribution in [0.4, 0.5) is 28.4 Å². The largest absolute Gasteiger partial charge is 0.399 e. The summed E-state index contributed by atoms with van der Waals surface area (Å²) < 4.78 is 63.1. The average molecular weight is 503 g/mol. The molecule has 0 aromatic heterocycles. The molecule has 0 saturated heterocycles. The number of benzene rings is 4. The third kappa shape index (κ3) is 5.94. The first kappa shape index (κ1) is 24.8. The van der Waals surface area contributed by atoms with Gasteiger partial charge in [-0.05, 0) is 53.9 Å². The molecule has 0 amide bonds. The van der Waals surface area contributed by atoms with Crippen molar-refractivity contribution in [2.24, 2.45) is 0 Å². The maximum atomic E-state index is 11.3. The molecule has 0 spiro atoms. The van der Waals surface area contributed by atoms with Gasteiger partial charge in [0.25, 0.3) is 20.2 Å². The summed E-state index contributed by atoms with van der Waals surface area (Å²) in [6, 6.07) is 20.9. The van der Waals surface area contributed by atoms with Crippen LogP contribution in [-0.4, -0.2) is 25.9 Å². The van der Waals surface area contributed by atoms with Gasteiger partial charge in [-0.25, -0.2) is 0 Å². The molecule has 0 aliphatic carbocycles. The Morgan fingerprint density at radius 2 is 1.29 bits per heavy atom. The van der Waals surface area contributed by atoms with Crippen molar-refractivity contribution in [3.63, 3.8) is 0 Å². The van der Waals surface area contributed by atoms with Crippen LogP contribution < -0.4 is 22.5 Å². The van der Waals surface area contributed by atoms with E-state index in [1.54, 1.807) is 54.6 Å². The fourth-order valence-electron chi connectivity index (χ4n) is 3.13. The second-order valence-electron chi connectivity index (χ2n) is 7.16. The van der Waals surface area contributed by atoms with Crippen molar-refractivity contribution in [3.05, 3.63) is 78.9 Å². The van der Waals surface area contributed by atoms with Gasteiger partial charge < -0.3 is 22.5 Å². The zero-order valence-corrected chi connectivity index (χ0v) is 19.2. The Kier molecular flexibility index (Phi) is 6.98. The van der Waals surface area contributed by atoms with Crippen LogP contribution in [-0.2, 0) is 20.2 Å². The summed E-state index contributed by atoms with van der Waals surface area (Å²) in [7, 11) is -8.64. The lowest BCUT2D eigenvalue weighted by Gasteiger charge is -2.11. The molecule has 4 rings (SSSR count). The zero-order valence-electron chi connectivity index (χ0n) is 17.6. The van der Waals surface area contributed by atoms with Gasteiger partial charge in [-0.1, -0.05) is 30.3 Å². The first-order valence-electron chi connectivity index (χ1n) is 9.60. The van der Waals surface area contributed by atoms with Crippen LogP contribution in [0.2, 0.25) is 0 Å². The highest BCUT2D eigenvalue weighted by molar-refractivity contribution is 7.86. The Balaban J connectivity index is 0.000000196. The molecule has 178 valence electrons. The molecular formula is C22H22N4O6S2. The smallest absolute Gasteiger partial charge is 0.297 e. The second-order valence-corrected chi connectivity index (χ2v) is 9.91. The summed E-state index contributed by atoms with van der Waals surface area (Å²) in [4.78, 5) is -0.495. The Morgan fingerprint density at radius 3 is 1.91 bits per heavy atom. The number of hydrogen-bond donors (Lipinski definition) is 6. The Morgan fingerprint density at radius 1 is 0.676 bits per heavy atom. The molecule has 0 unspecified atom stereocenters. The Bertz CT molecular complexity index is 1550. The van der Waals surface area contributed by atoms with Crippen LogP contribution in [0.15, 0.2) is 88.7 Å². The van der Waals surface area contributed by atoms with Crippen molar-refractivity contribution in [2.75, 3.05) is 22.5 Å². The van der Waals surface area contributed by atoms with E-state index in [2.05, 4.69) is 5.32 Å². The zero-order chi connectivity index (χ0) is 25.1. The van der Waals surface area contributed by atoms with E-state index in [1.807, 2.05) is 0 Å². The van der Waals surface area contributed by atoms with Crippen LogP contribution in [0.3, 0.4) is 0 Å². The first-order valence-corrected chi connectivity index (χ1v) is 12.5. The van der Waals surface area contributed by atoms with Gasteiger partial charge in [-0.3, -0.25) is 9.11 Å². The predicted molar refractivity (Wildman–Crippen MR) is 133 cm³/mol. The summed E-state index contributed by atoms with van der Waals surface area (Å²) in [6.45, 7) is 0. The van der Waals surface area contributed by atoms with Gasteiger partial charge in [0.05, 0.1) is 11.4 Å². The fourth-order valence-corrected chi connectivity index (χ4v) is 4.64. The second kappa shape index (κ2) is 9.57. The average Bonchev–Trinajstić information content (AvgIpc) is 2.75. The molecule has 12 heteroatoms. The van der Waals surface area contributed by atoms with Crippen molar-refractivity contribution < 1.29 is 25.9 Å². The van der Waals surface area contributed by atoms with Crippen LogP contribution in [0, 0.1) is 0 Å². The molecule has 9 N–H and O–H groups in total. The number of nitrogens with one attached hydrogen (secondary N) is 1. The highest BCUT2D eigenvalue weighted by Crippen LogP contribution is 2.28. The van der Waals surface area contributed by atoms with Crippen molar-refractivity contribution in [1.29, 1.82) is 0 Å². The molecule has 34 heavy (non-hydrogen) atoms. The maximum absolute atomic E-state index is 11.3. The van der Waals surface area contributed by atoms with Crippen molar-refractivity contribution in [3.8, 4) is 0 Å². The van der Waals surface area contributed by atoms with Gasteiger partial charge in [0.15, 0.2) is 0 Å². The van der Waals surface area contributed by atoms with E-state index in [1.165, 1.54) is 24.3 Å². The minimum absolute atomic E-state index is 0.0520. The third-order valence-corrected chi connectivity index (χ3v) is 6.51. The number of nitrogens with two attached hydrogens (primary N) is 3. The lowest BCUT2D eigenvalue weighted by Crippen LogP contribution is -2.04. The summed E-state index contributed by atoms with van der Waals surface area (Å²) in [5.74, 6) is 0. The molecule has 0 saturated carbocycles. The van der Waals surface area contributed by atoms with E-state index in [0.29, 0.717) is 16.8 Å². The summed E-state index contributed by atoms with van der Waals surface area (Å²) in [5.41, 5.74) is 18.4. The first-order chi connectivity index (χ1) is 15.9. The lowest BCUT2D eigenvalue weighted by atomic mass is 10.1. The highest BCUT2D eigenvalue weighted by Gasteiger charge is 2.17. The SMILES string of the molecule is Nc1ccc(Nc2ccc(N)cc2S(=O)(=O)O)cc1.Nc1ccc2ccccc2c1S(=O)(=O)O. The van der Waals surface area contributed by atoms with E-state index in [4.69, 9.17) is 21.8 Å². The van der Waals surface area contributed by atoms with Gasteiger partial charge in [0.1, 0.15) is 9.79 Å². The van der Waals surface area contributed by atoms with Crippen molar-refractivity contribution in [2.45, 2.75) is 9.79 Å². The molecule has 10 nitrogen and oxygen atoms in total. The molecule has 0 atom stereocenters. The maximum Gasteiger partial charge on any atom is 0.297 e. The summed E-state index contributed by atoms with van der Waals surface area (Å²) in [5, 5.41) is 4.04. The predicted octanol–water partition coefficient (Wildman–Crippen LogP) is 3.51. The fraction of sp³-hybridized carbons (Fsp3) is 0. The topological polar surface area (TPSA) is 199 Å². The van der Waals surface area contributed by atoms with Gasteiger partial charge >= 0.3 is 0 Å². The molecule has 0 heterocycles. The molecule has 4 aromatic rings. The number of anilines is 5. The number of nitrogen functional groups attached to an aromatic ring is 3. The Hall–Kier alpha value is -3.84. The third-order valence-electron chi connectivity index (χ3n) is 4.64. The molecule has 0 aliphatic rings. The lowest BCUT2D eigenvalue weighted by molar-refractivity contribution is 0.482. The minimum atomic E-state index is -4.35. The van der Waals surface area contributed by atoms with Crippen molar-refractivity contribution in [1.82, 2.24) is 0 Å². The van der Waals surface area contributed by atoms with Gasteiger partial charge in [0, 0.05) is 22.4 Å². The van der Waals surface area contributed by atoms with E-state index in [9.17, 15) is 21.4 Å². The Labute approximate surface area is 196 Å². The standard InChI is InChI=1S/C12H13N3O3S.C10H9NO3S/c13-8-1-4-10(5-2-8)15-11-6-3-9(14)7-12(11)19(16,17)18;11-9-6-5-7-3-1-2-4-8(7)10(9)15(12,13)14/h1-7,15H,13-14H2,(H,16,17,18);1-6H,11H2,(H,12,13,14). The minimum Gasteiger partial charge on any atom is -0.399 e. The number of hydrogen-bond acceptors (Lipinski definition) is 8. The van der Waals surface area contributed by atoms with Crippen LogP contribution >= 0.6 is 0 Å². The van der Waals surface area contributed by atoms with Gasteiger partial charge in [0.2, 0.25) is 0 Å². The van der Waals surface area contributed by atoms with E-state index < -0.39 is 20.2 Å². The van der Waals surface area contributed by atoms with Crippen LogP contribution in [0.1, 0.15) is 0 Å². The highest BCUT2D eigenvalue weighted by atomic mass is 32.2. The molecule has 0 bridgehead atoms. The van der Waals surface area contributed by atoms with Crippen molar-refractivity contribution >= 4 is 59.4 Å². The molecule has 4 aromatic carbocycles. The van der Waals surface area contributed by atoms with Crippen LogP contribution in [0.5, 0.6) is 0 Å².